The summed E-state index contributed by atoms with van der Waals surface area (Å²) in [6, 6.07) is 7.72. The van der Waals surface area contributed by atoms with Crippen molar-refractivity contribution >= 4 is 15.9 Å². The Morgan fingerprint density at radius 1 is 1.24 bits per heavy atom. The van der Waals surface area contributed by atoms with E-state index in [1.807, 2.05) is 0 Å². The van der Waals surface area contributed by atoms with E-state index in [0.29, 0.717) is 4.47 Å². The van der Waals surface area contributed by atoms with Gasteiger partial charge >= 0.3 is 0 Å². The Hall–Kier alpha value is -1.40. The van der Waals surface area contributed by atoms with Crippen LogP contribution in [-0.2, 0) is 19.7 Å². The van der Waals surface area contributed by atoms with Gasteiger partial charge in [0.05, 0.1) is 11.5 Å². The molecule has 0 radical (unpaired) electrons. The lowest BCUT2D eigenvalue weighted by Crippen LogP contribution is -2.36. The first-order valence-electron chi connectivity index (χ1n) is 5.30. The summed E-state index contributed by atoms with van der Waals surface area (Å²) in [6.07, 6.45) is 0.0616. The normalized spacial score (nSPS) is 11.2. The predicted molar refractivity (Wildman–Crippen MR) is 62.4 cm³/mol. The molecule has 0 saturated carbocycles. The molecule has 5 nitrogen and oxygen atoms in total. The SMILES string of the molecule is CCON(C(=O)CC)S(=O)(=O)c1ccccc1. The van der Waals surface area contributed by atoms with E-state index in [9.17, 15) is 13.2 Å². The van der Waals surface area contributed by atoms with Gasteiger partial charge in [-0.05, 0) is 19.1 Å². The number of carbonyl (C=O) groups excluding carboxylic acids is 1. The van der Waals surface area contributed by atoms with Gasteiger partial charge in [0.1, 0.15) is 0 Å². The molecule has 0 atom stereocenters. The van der Waals surface area contributed by atoms with Crippen molar-refractivity contribution in [2.24, 2.45) is 0 Å². The molecular formula is C11H15NO4S. The van der Waals surface area contributed by atoms with Crippen LogP contribution in [0.2, 0.25) is 0 Å². The Morgan fingerprint density at radius 3 is 2.29 bits per heavy atom. The van der Waals surface area contributed by atoms with E-state index in [1.165, 1.54) is 12.1 Å². The van der Waals surface area contributed by atoms with Gasteiger partial charge in [-0.25, -0.2) is 0 Å². The highest BCUT2D eigenvalue weighted by atomic mass is 32.2. The van der Waals surface area contributed by atoms with Crippen molar-refractivity contribution in [1.29, 1.82) is 0 Å². The molecule has 0 aliphatic rings. The second-order valence-electron chi connectivity index (χ2n) is 3.21. The zero-order valence-electron chi connectivity index (χ0n) is 9.79. The van der Waals surface area contributed by atoms with Crippen molar-refractivity contribution in [3.8, 4) is 0 Å². The molecule has 0 aromatic heterocycles. The molecule has 17 heavy (non-hydrogen) atoms. The maximum absolute atomic E-state index is 12.1. The fourth-order valence-electron chi connectivity index (χ4n) is 1.21. The van der Waals surface area contributed by atoms with Gasteiger partial charge in [0.25, 0.3) is 15.9 Å². The van der Waals surface area contributed by atoms with Crippen LogP contribution in [0, 0.1) is 0 Å². The molecule has 0 aliphatic heterocycles. The lowest BCUT2D eigenvalue weighted by atomic mass is 10.4. The number of hydrogen-bond donors (Lipinski definition) is 0. The predicted octanol–water partition coefficient (Wildman–Crippen LogP) is 1.57. The average Bonchev–Trinajstić information content (AvgIpc) is 2.36. The summed E-state index contributed by atoms with van der Waals surface area (Å²) in [7, 11) is -3.91. The number of carbonyl (C=O) groups is 1. The molecule has 6 heteroatoms. The van der Waals surface area contributed by atoms with E-state index >= 15 is 0 Å². The molecule has 0 unspecified atom stereocenters. The summed E-state index contributed by atoms with van der Waals surface area (Å²) in [5.74, 6) is -0.587. The van der Waals surface area contributed by atoms with Crippen LogP contribution in [0.4, 0.5) is 0 Å². The Balaban J connectivity index is 3.14. The molecule has 94 valence electrons. The highest BCUT2D eigenvalue weighted by molar-refractivity contribution is 7.89. The van der Waals surface area contributed by atoms with E-state index < -0.39 is 15.9 Å². The molecular weight excluding hydrogens is 242 g/mol. The fraction of sp³-hybridized carbons (Fsp3) is 0.364. The minimum Gasteiger partial charge on any atom is -0.271 e. The number of hydrogen-bond acceptors (Lipinski definition) is 4. The number of nitrogens with zero attached hydrogens (tertiary/aromatic N) is 1. The van der Waals surface area contributed by atoms with Crippen LogP contribution in [0.15, 0.2) is 35.2 Å². The van der Waals surface area contributed by atoms with Crippen LogP contribution in [0.1, 0.15) is 20.3 Å². The fourth-order valence-corrected chi connectivity index (χ4v) is 2.54. The van der Waals surface area contributed by atoms with Crippen molar-refractivity contribution in [2.75, 3.05) is 6.61 Å². The van der Waals surface area contributed by atoms with Gasteiger partial charge in [0.15, 0.2) is 0 Å². The maximum atomic E-state index is 12.1. The maximum Gasteiger partial charge on any atom is 0.289 e. The highest BCUT2D eigenvalue weighted by Crippen LogP contribution is 2.16. The second kappa shape index (κ2) is 5.79. The van der Waals surface area contributed by atoms with E-state index in [2.05, 4.69) is 0 Å². The number of benzene rings is 1. The smallest absolute Gasteiger partial charge is 0.271 e. The minimum atomic E-state index is -3.91. The van der Waals surface area contributed by atoms with E-state index in [4.69, 9.17) is 4.84 Å². The Bertz CT molecular complexity index is 470. The lowest BCUT2D eigenvalue weighted by molar-refractivity contribution is -0.156. The first-order chi connectivity index (χ1) is 8.04. The van der Waals surface area contributed by atoms with Gasteiger partial charge in [0, 0.05) is 6.42 Å². The highest BCUT2D eigenvalue weighted by Gasteiger charge is 2.29. The number of amides is 1. The largest absolute Gasteiger partial charge is 0.289 e. The Morgan fingerprint density at radius 2 is 1.82 bits per heavy atom. The quantitative estimate of drug-likeness (QED) is 0.751. The van der Waals surface area contributed by atoms with Crippen LogP contribution < -0.4 is 0 Å². The molecule has 0 saturated heterocycles. The zero-order chi connectivity index (χ0) is 12.9. The number of hydroxylamine groups is 1. The molecule has 0 heterocycles. The minimum absolute atomic E-state index is 0.0373. The van der Waals surface area contributed by atoms with Crippen LogP contribution in [0.25, 0.3) is 0 Å². The first kappa shape index (κ1) is 13.7. The van der Waals surface area contributed by atoms with Gasteiger partial charge in [-0.15, -0.1) is 4.47 Å². The molecule has 0 fully saturated rings. The summed E-state index contributed by atoms with van der Waals surface area (Å²) in [4.78, 5) is 16.5. The average molecular weight is 257 g/mol. The van der Waals surface area contributed by atoms with Crippen molar-refractivity contribution in [3.63, 3.8) is 0 Å². The molecule has 0 spiro atoms. The summed E-state index contributed by atoms with van der Waals surface area (Å²) < 4.78 is 24.7. The Kier molecular flexibility index (Phi) is 4.65. The van der Waals surface area contributed by atoms with Gasteiger partial charge in [-0.1, -0.05) is 25.1 Å². The molecule has 0 aliphatic carbocycles. The summed E-state index contributed by atoms with van der Waals surface area (Å²) in [5.41, 5.74) is 0. The van der Waals surface area contributed by atoms with E-state index in [1.54, 1.807) is 32.0 Å². The molecule has 1 rings (SSSR count). The zero-order valence-corrected chi connectivity index (χ0v) is 10.6. The van der Waals surface area contributed by atoms with Crippen LogP contribution in [0.3, 0.4) is 0 Å². The van der Waals surface area contributed by atoms with Crippen LogP contribution >= 0.6 is 0 Å². The lowest BCUT2D eigenvalue weighted by Gasteiger charge is -2.20. The molecule has 0 bridgehead atoms. The molecule has 0 N–H and O–H groups in total. The second-order valence-corrected chi connectivity index (χ2v) is 4.96. The van der Waals surface area contributed by atoms with Crippen molar-refractivity contribution in [1.82, 2.24) is 4.47 Å². The molecule has 1 amide bonds. The standard InChI is InChI=1S/C11H15NO4S/c1-3-11(13)12(16-4-2)17(14,15)10-8-6-5-7-9-10/h5-9H,3-4H2,1-2H3. The van der Waals surface area contributed by atoms with Gasteiger partial charge in [0.2, 0.25) is 0 Å². The van der Waals surface area contributed by atoms with E-state index in [0.717, 1.165) is 0 Å². The third kappa shape index (κ3) is 3.04. The number of rotatable bonds is 5. The van der Waals surface area contributed by atoms with Crippen LogP contribution in [-0.4, -0.2) is 25.4 Å². The monoisotopic (exact) mass is 257 g/mol. The summed E-state index contributed by atoms with van der Waals surface area (Å²) in [6.45, 7) is 3.31. The van der Waals surface area contributed by atoms with Gasteiger partial charge in [-0.2, -0.15) is 8.42 Å². The third-order valence-electron chi connectivity index (χ3n) is 2.01. The topological polar surface area (TPSA) is 63.7 Å². The van der Waals surface area contributed by atoms with Crippen molar-refractivity contribution in [3.05, 3.63) is 30.3 Å². The molecule has 1 aromatic carbocycles. The van der Waals surface area contributed by atoms with Crippen LogP contribution in [0.5, 0.6) is 0 Å². The van der Waals surface area contributed by atoms with E-state index in [-0.39, 0.29) is 17.9 Å². The summed E-state index contributed by atoms with van der Waals surface area (Å²) >= 11 is 0. The van der Waals surface area contributed by atoms with Gasteiger partial charge in [-0.3, -0.25) is 9.63 Å². The third-order valence-corrected chi connectivity index (χ3v) is 3.63. The number of sulfonamides is 1. The van der Waals surface area contributed by atoms with Crippen molar-refractivity contribution < 1.29 is 18.0 Å². The summed E-state index contributed by atoms with van der Waals surface area (Å²) in [5, 5.41) is 0. The van der Waals surface area contributed by atoms with Crippen molar-refractivity contribution in [2.45, 2.75) is 25.2 Å². The molecule has 1 aromatic rings. The Labute approximate surface area is 101 Å². The first-order valence-corrected chi connectivity index (χ1v) is 6.74. The van der Waals surface area contributed by atoms with Gasteiger partial charge < -0.3 is 0 Å².